The van der Waals surface area contributed by atoms with E-state index >= 15 is 0 Å². The minimum absolute atomic E-state index is 0.162. The van der Waals surface area contributed by atoms with Crippen LogP contribution in [0.2, 0.25) is 0 Å². The lowest BCUT2D eigenvalue weighted by Gasteiger charge is -2.36. The van der Waals surface area contributed by atoms with Crippen LogP contribution in [-0.2, 0) is 5.41 Å². The van der Waals surface area contributed by atoms with Gasteiger partial charge in [0.05, 0.1) is 12.1 Å². The number of furan rings is 1. The monoisotopic (exact) mass is 760 g/mol. The van der Waals surface area contributed by atoms with Gasteiger partial charge in [-0.15, -0.1) is 0 Å². The molecule has 3 aliphatic carbocycles. The molecule has 0 radical (unpaired) electrons. The molecule has 2 aliphatic heterocycles. The van der Waals surface area contributed by atoms with Crippen molar-refractivity contribution >= 4 is 44.6 Å². The average Bonchev–Trinajstić information content (AvgIpc) is 3.92. The number of rotatable bonds is 5. The highest BCUT2D eigenvalue weighted by atomic mass is 16.3. The number of nitrogens with zero attached hydrogens (tertiary/aromatic N) is 2. The van der Waals surface area contributed by atoms with Gasteiger partial charge < -0.3 is 14.2 Å². The minimum atomic E-state index is -0.171. The summed E-state index contributed by atoms with van der Waals surface area (Å²) in [4.78, 5) is 5.09. The number of para-hydroxylation sites is 1. The number of allylic oxidation sites excluding steroid dienone is 6. The van der Waals surface area contributed by atoms with Gasteiger partial charge in [0.2, 0.25) is 0 Å². The third-order valence-corrected chi connectivity index (χ3v) is 13.7. The Bertz CT molecular complexity index is 3040. The van der Waals surface area contributed by atoms with Crippen LogP contribution < -0.4 is 9.80 Å². The van der Waals surface area contributed by atoms with Crippen molar-refractivity contribution in [1.29, 1.82) is 0 Å². The lowest BCUT2D eigenvalue weighted by molar-refractivity contribution is 0.553. The first-order chi connectivity index (χ1) is 29.0. The van der Waals surface area contributed by atoms with E-state index in [1.54, 1.807) is 5.57 Å². The summed E-state index contributed by atoms with van der Waals surface area (Å²) in [5, 5.41) is 2.29. The Hall–Kier alpha value is -6.84. The summed E-state index contributed by atoms with van der Waals surface area (Å²) in [5.41, 5.74) is 16.9. The van der Waals surface area contributed by atoms with Crippen molar-refractivity contribution in [2.24, 2.45) is 11.8 Å². The number of benzene rings is 6. The number of hydrogen-bond acceptors (Lipinski definition) is 3. The van der Waals surface area contributed by atoms with E-state index in [1.807, 2.05) is 0 Å². The van der Waals surface area contributed by atoms with Crippen molar-refractivity contribution in [1.82, 2.24) is 0 Å². The van der Waals surface area contributed by atoms with Crippen LogP contribution in [0.15, 0.2) is 210 Å². The molecule has 1 aromatic heterocycles. The van der Waals surface area contributed by atoms with Crippen LogP contribution in [-0.4, -0.2) is 12.1 Å². The molecule has 5 aliphatic rings. The average molecular weight is 761 g/mol. The molecule has 59 heavy (non-hydrogen) atoms. The molecule has 0 N–H and O–H groups in total. The molecule has 12 rings (SSSR count). The van der Waals surface area contributed by atoms with Crippen molar-refractivity contribution < 1.29 is 4.42 Å². The Balaban J connectivity index is 0.891. The van der Waals surface area contributed by atoms with Gasteiger partial charge in [-0.25, -0.2) is 0 Å². The maximum atomic E-state index is 6.46. The van der Waals surface area contributed by atoms with Crippen molar-refractivity contribution in [3.05, 3.63) is 217 Å². The van der Waals surface area contributed by atoms with E-state index in [2.05, 4.69) is 218 Å². The van der Waals surface area contributed by atoms with Gasteiger partial charge in [-0.1, -0.05) is 140 Å². The van der Waals surface area contributed by atoms with Gasteiger partial charge in [0.15, 0.2) is 0 Å². The quantitative estimate of drug-likeness (QED) is 0.174. The van der Waals surface area contributed by atoms with Crippen molar-refractivity contribution in [3.63, 3.8) is 0 Å². The largest absolute Gasteiger partial charge is 0.456 e. The normalized spacial score (nSPS) is 23.8. The zero-order valence-corrected chi connectivity index (χ0v) is 33.3. The molecule has 0 amide bonds. The van der Waals surface area contributed by atoms with Crippen LogP contribution in [0.4, 0.5) is 17.1 Å². The Morgan fingerprint density at radius 2 is 1.29 bits per heavy atom. The predicted molar refractivity (Wildman–Crippen MR) is 246 cm³/mol. The fourth-order valence-electron chi connectivity index (χ4n) is 10.8. The molecule has 3 heteroatoms. The topological polar surface area (TPSA) is 19.6 Å². The van der Waals surface area contributed by atoms with E-state index in [-0.39, 0.29) is 17.5 Å². The van der Waals surface area contributed by atoms with Gasteiger partial charge in [-0.3, -0.25) is 0 Å². The van der Waals surface area contributed by atoms with Crippen LogP contribution in [0, 0.1) is 11.8 Å². The molecule has 0 bridgehead atoms. The van der Waals surface area contributed by atoms with Gasteiger partial charge in [0.1, 0.15) is 11.2 Å². The summed E-state index contributed by atoms with van der Waals surface area (Å²) in [6, 6.07) is 51.6. The highest BCUT2D eigenvalue weighted by molar-refractivity contribution is 6.07. The fraction of sp³-hybridized carbons (Fsp3) is 0.143. The molecular weight excluding hydrogens is 717 g/mol. The second kappa shape index (κ2) is 13.1. The summed E-state index contributed by atoms with van der Waals surface area (Å²) in [6.45, 7) is 4.77. The van der Waals surface area contributed by atoms with E-state index in [1.165, 1.54) is 61.7 Å². The fourth-order valence-corrected chi connectivity index (χ4v) is 10.8. The van der Waals surface area contributed by atoms with Gasteiger partial charge in [-0.2, -0.15) is 0 Å². The number of hydrogen-bond donors (Lipinski definition) is 0. The van der Waals surface area contributed by atoms with E-state index < -0.39 is 0 Å². The summed E-state index contributed by atoms with van der Waals surface area (Å²) >= 11 is 0. The first-order valence-corrected chi connectivity index (χ1v) is 21.1. The van der Waals surface area contributed by atoms with Crippen LogP contribution in [0.1, 0.15) is 31.4 Å². The second-order valence-electron chi connectivity index (χ2n) is 17.1. The first-order valence-electron chi connectivity index (χ1n) is 21.1. The zero-order chi connectivity index (χ0) is 39.2. The molecule has 5 atom stereocenters. The highest BCUT2D eigenvalue weighted by Gasteiger charge is 2.47. The van der Waals surface area contributed by atoms with Crippen LogP contribution in [0.5, 0.6) is 0 Å². The van der Waals surface area contributed by atoms with Gasteiger partial charge in [0, 0.05) is 44.9 Å². The molecule has 284 valence electrons. The second-order valence-corrected chi connectivity index (χ2v) is 17.1. The van der Waals surface area contributed by atoms with E-state index in [0.29, 0.717) is 11.8 Å². The van der Waals surface area contributed by atoms with Crippen LogP contribution >= 0.6 is 0 Å². The Morgan fingerprint density at radius 3 is 2.15 bits per heavy atom. The Labute approximate surface area is 345 Å². The van der Waals surface area contributed by atoms with E-state index in [4.69, 9.17) is 4.42 Å². The van der Waals surface area contributed by atoms with Gasteiger partial charge in [0.25, 0.3) is 0 Å². The van der Waals surface area contributed by atoms with Crippen molar-refractivity contribution in [3.8, 4) is 22.3 Å². The predicted octanol–water partition coefficient (Wildman–Crippen LogP) is 14.1. The highest BCUT2D eigenvalue weighted by Crippen LogP contribution is 2.53. The molecule has 0 saturated heterocycles. The molecule has 0 saturated carbocycles. The van der Waals surface area contributed by atoms with Gasteiger partial charge in [-0.05, 0) is 124 Å². The smallest absolute Gasteiger partial charge is 0.135 e. The molecular formula is C56H44N2O. The molecule has 7 aromatic rings. The summed E-state index contributed by atoms with van der Waals surface area (Å²) in [7, 11) is 0. The molecule has 0 spiro atoms. The lowest BCUT2D eigenvalue weighted by Crippen LogP contribution is -2.39. The summed E-state index contributed by atoms with van der Waals surface area (Å²) < 4.78 is 6.46. The standard InChI is InChI=1S/C56H44N2O/c1-36-13-10-24-51-55(36)45-20-6-8-22-49(45)57(51)44-27-29-53-47(34-44)46-33-41(25-28-52(46)59-53)39-17-11-16-38(31-39)40-18-12-19-43(32-40)58-50-23-9-7-21-48(50)56(2)35-42(26-30-54(56)58)37-14-4-3-5-15-37/h3-12,14-36,45,49,54H,13H2,1-2H3. The molecule has 3 heterocycles. The molecule has 6 aromatic carbocycles. The van der Waals surface area contributed by atoms with E-state index in [0.717, 1.165) is 28.4 Å². The lowest BCUT2D eigenvalue weighted by atomic mass is 9.73. The Kier molecular flexibility index (Phi) is 7.59. The number of anilines is 3. The Morgan fingerprint density at radius 1 is 0.593 bits per heavy atom. The molecule has 0 fully saturated rings. The summed E-state index contributed by atoms with van der Waals surface area (Å²) in [5.74, 6) is 0.947. The SMILES string of the molecule is CC1CC=CC2=C1C1C=CC=CC1N2c1ccc2oc3ccc(-c4cccc(-c5cccc(N6c7ccccc7C7(C)C=C(c8ccccc8)C=CC67)c5)c4)cc3c2c1. The van der Waals surface area contributed by atoms with Gasteiger partial charge >= 0.3 is 0 Å². The van der Waals surface area contributed by atoms with Crippen LogP contribution in [0.3, 0.4) is 0 Å². The van der Waals surface area contributed by atoms with E-state index in [9.17, 15) is 0 Å². The third-order valence-electron chi connectivity index (χ3n) is 13.7. The third kappa shape index (κ3) is 5.27. The first kappa shape index (κ1) is 34.2. The van der Waals surface area contributed by atoms with Crippen LogP contribution in [0.25, 0.3) is 49.8 Å². The van der Waals surface area contributed by atoms with Crippen molar-refractivity contribution in [2.45, 2.75) is 37.8 Å². The summed E-state index contributed by atoms with van der Waals surface area (Å²) in [6.07, 6.45) is 22.2. The molecule has 3 nitrogen and oxygen atoms in total. The minimum Gasteiger partial charge on any atom is -0.456 e. The van der Waals surface area contributed by atoms with Crippen molar-refractivity contribution in [2.75, 3.05) is 9.80 Å². The maximum absolute atomic E-state index is 6.46. The maximum Gasteiger partial charge on any atom is 0.135 e. The number of fused-ring (bicyclic) bond motifs is 8. The zero-order valence-electron chi connectivity index (χ0n) is 33.3. The molecule has 5 unspecified atom stereocenters.